The van der Waals surface area contributed by atoms with E-state index in [1.165, 1.54) is 12.1 Å². The van der Waals surface area contributed by atoms with Crippen molar-refractivity contribution in [1.82, 2.24) is 0 Å². The molecule has 7 heteroatoms. The van der Waals surface area contributed by atoms with Crippen LogP contribution in [0.1, 0.15) is 5.56 Å². The monoisotopic (exact) mass is 361 g/mol. The molecule has 0 aliphatic carbocycles. The van der Waals surface area contributed by atoms with Crippen LogP contribution in [-0.4, -0.2) is 4.99 Å². The summed E-state index contributed by atoms with van der Waals surface area (Å²) >= 11 is 7.79. The van der Waals surface area contributed by atoms with Crippen molar-refractivity contribution in [3.05, 3.63) is 57.8 Å². The van der Waals surface area contributed by atoms with E-state index in [2.05, 4.69) is 15.9 Å². The molecule has 0 heterocycles. The Hall–Kier alpha value is -1.60. The summed E-state index contributed by atoms with van der Waals surface area (Å²) in [6, 6.07) is 5.60. The molecule has 0 aliphatic rings. The Morgan fingerprint density at radius 3 is 2.45 bits per heavy atom. The summed E-state index contributed by atoms with van der Waals surface area (Å²) in [4.78, 5) is -0.115. The second-order valence-corrected chi connectivity index (χ2v) is 5.16. The van der Waals surface area contributed by atoms with Gasteiger partial charge in [0.25, 0.3) is 0 Å². The van der Waals surface area contributed by atoms with E-state index in [1.54, 1.807) is 0 Å². The molecule has 0 amide bonds. The molecule has 20 heavy (non-hydrogen) atoms. The van der Waals surface area contributed by atoms with Crippen LogP contribution in [0.4, 0.5) is 13.2 Å². The highest BCUT2D eigenvalue weighted by atomic mass is 79.9. The number of ether oxygens (including phenoxy) is 1. The Bertz CT molecular complexity index is 694. The maximum atomic E-state index is 13.6. The molecule has 2 aromatic rings. The summed E-state index contributed by atoms with van der Waals surface area (Å²) in [6.45, 7) is 0. The summed E-state index contributed by atoms with van der Waals surface area (Å²) in [5, 5.41) is 0. The Labute approximate surface area is 126 Å². The summed E-state index contributed by atoms with van der Waals surface area (Å²) in [5.41, 5.74) is 5.54. The number of hydrogen-bond donors (Lipinski definition) is 1. The molecule has 0 aromatic heterocycles. The van der Waals surface area contributed by atoms with Crippen LogP contribution in [0.25, 0.3) is 0 Å². The third kappa shape index (κ3) is 3.10. The average molecular weight is 362 g/mol. The van der Waals surface area contributed by atoms with E-state index in [4.69, 9.17) is 22.7 Å². The molecule has 0 atom stereocenters. The second-order valence-electron chi connectivity index (χ2n) is 3.81. The van der Waals surface area contributed by atoms with Gasteiger partial charge in [0, 0.05) is 4.47 Å². The maximum Gasteiger partial charge on any atom is 0.201 e. The number of halogens is 4. The Balaban J connectivity index is 2.48. The van der Waals surface area contributed by atoms with E-state index in [9.17, 15) is 13.2 Å². The van der Waals surface area contributed by atoms with Gasteiger partial charge in [-0.2, -0.15) is 4.39 Å². The minimum absolute atomic E-state index is 0.0373. The number of hydrogen-bond acceptors (Lipinski definition) is 2. The Kier molecular flexibility index (Phi) is 4.29. The van der Waals surface area contributed by atoms with E-state index in [0.717, 1.165) is 18.2 Å². The van der Waals surface area contributed by atoms with Crippen LogP contribution < -0.4 is 10.5 Å². The van der Waals surface area contributed by atoms with Gasteiger partial charge < -0.3 is 10.5 Å². The zero-order valence-corrected chi connectivity index (χ0v) is 12.2. The van der Waals surface area contributed by atoms with Gasteiger partial charge >= 0.3 is 0 Å². The van der Waals surface area contributed by atoms with Gasteiger partial charge in [-0.05, 0) is 30.3 Å². The molecule has 0 spiro atoms. The molecule has 0 saturated heterocycles. The van der Waals surface area contributed by atoms with Crippen LogP contribution >= 0.6 is 28.1 Å². The Morgan fingerprint density at radius 2 is 1.80 bits per heavy atom. The van der Waals surface area contributed by atoms with Crippen LogP contribution in [0.2, 0.25) is 0 Å². The molecule has 0 fully saturated rings. The number of benzene rings is 2. The first-order valence-electron chi connectivity index (χ1n) is 5.30. The van der Waals surface area contributed by atoms with E-state index < -0.39 is 17.5 Å². The van der Waals surface area contributed by atoms with Crippen LogP contribution in [0.3, 0.4) is 0 Å². The van der Waals surface area contributed by atoms with Gasteiger partial charge in [0.1, 0.15) is 16.6 Å². The summed E-state index contributed by atoms with van der Waals surface area (Å²) < 4.78 is 45.6. The predicted octanol–water partition coefficient (Wildman–Crippen LogP) is 4.29. The van der Waals surface area contributed by atoms with Crippen molar-refractivity contribution < 1.29 is 17.9 Å². The van der Waals surface area contributed by atoms with Crippen LogP contribution in [0.15, 0.2) is 34.8 Å². The van der Waals surface area contributed by atoms with Crippen molar-refractivity contribution >= 4 is 33.1 Å². The van der Waals surface area contributed by atoms with E-state index >= 15 is 0 Å². The first kappa shape index (κ1) is 14.8. The second kappa shape index (κ2) is 5.80. The van der Waals surface area contributed by atoms with Crippen molar-refractivity contribution in [2.24, 2.45) is 5.73 Å². The standard InChI is InChI=1S/C13H7BrF3NOS/c14-6-3-9(16)12(17)11(4-6)19-10-2-1-7(15)5-8(10)13(18)20/h1-5H,(H2,18,20). The molecular formula is C13H7BrF3NOS. The normalized spacial score (nSPS) is 10.4. The maximum absolute atomic E-state index is 13.6. The molecular weight excluding hydrogens is 355 g/mol. The van der Waals surface area contributed by atoms with Crippen molar-refractivity contribution in [3.63, 3.8) is 0 Å². The lowest BCUT2D eigenvalue weighted by atomic mass is 10.2. The van der Waals surface area contributed by atoms with Gasteiger partial charge in [-0.15, -0.1) is 0 Å². The predicted molar refractivity (Wildman–Crippen MR) is 76.4 cm³/mol. The molecule has 2 N–H and O–H groups in total. The number of nitrogens with two attached hydrogens (primary N) is 1. The zero-order chi connectivity index (χ0) is 14.9. The molecule has 0 radical (unpaired) electrons. The first-order valence-corrected chi connectivity index (χ1v) is 6.50. The lowest BCUT2D eigenvalue weighted by Gasteiger charge is -2.11. The summed E-state index contributed by atoms with van der Waals surface area (Å²) in [7, 11) is 0. The molecule has 2 nitrogen and oxygen atoms in total. The third-order valence-corrected chi connectivity index (χ3v) is 3.06. The topological polar surface area (TPSA) is 35.2 Å². The number of thiocarbonyl (C=S) groups is 1. The van der Waals surface area contributed by atoms with Gasteiger partial charge in [-0.25, -0.2) is 8.78 Å². The van der Waals surface area contributed by atoms with E-state index in [-0.39, 0.29) is 22.1 Å². The number of rotatable bonds is 3. The van der Waals surface area contributed by atoms with Crippen LogP contribution in [-0.2, 0) is 0 Å². The summed E-state index contributed by atoms with van der Waals surface area (Å²) in [6.07, 6.45) is 0. The van der Waals surface area contributed by atoms with Crippen molar-refractivity contribution in [2.75, 3.05) is 0 Å². The Morgan fingerprint density at radius 1 is 1.10 bits per heavy atom. The lowest BCUT2D eigenvalue weighted by Crippen LogP contribution is -2.11. The minimum atomic E-state index is -1.16. The first-order chi connectivity index (χ1) is 9.38. The van der Waals surface area contributed by atoms with Crippen LogP contribution in [0.5, 0.6) is 11.5 Å². The van der Waals surface area contributed by atoms with Gasteiger partial charge in [0.05, 0.1) is 5.56 Å². The fraction of sp³-hybridized carbons (Fsp3) is 0. The van der Waals surface area contributed by atoms with E-state index in [1.807, 2.05) is 0 Å². The smallest absolute Gasteiger partial charge is 0.201 e. The van der Waals surface area contributed by atoms with Crippen molar-refractivity contribution in [3.8, 4) is 11.5 Å². The molecule has 2 rings (SSSR count). The largest absolute Gasteiger partial charge is 0.453 e. The molecule has 0 bridgehead atoms. The molecule has 0 unspecified atom stereocenters. The SMILES string of the molecule is NC(=S)c1cc(F)ccc1Oc1cc(Br)cc(F)c1F. The quantitative estimate of drug-likeness (QED) is 0.654. The van der Waals surface area contributed by atoms with Gasteiger partial charge in [0.2, 0.25) is 5.82 Å². The lowest BCUT2D eigenvalue weighted by molar-refractivity contribution is 0.414. The highest BCUT2D eigenvalue weighted by Crippen LogP contribution is 2.31. The van der Waals surface area contributed by atoms with Crippen LogP contribution in [0, 0.1) is 17.5 Å². The highest BCUT2D eigenvalue weighted by molar-refractivity contribution is 9.10. The van der Waals surface area contributed by atoms with Gasteiger partial charge in [0.15, 0.2) is 11.6 Å². The molecule has 0 aliphatic heterocycles. The molecule has 2 aromatic carbocycles. The zero-order valence-electron chi connectivity index (χ0n) is 9.79. The molecule has 0 saturated carbocycles. The van der Waals surface area contributed by atoms with Crippen molar-refractivity contribution in [1.29, 1.82) is 0 Å². The highest BCUT2D eigenvalue weighted by Gasteiger charge is 2.15. The minimum Gasteiger partial charge on any atom is -0.453 e. The summed E-state index contributed by atoms with van der Waals surface area (Å²) in [5.74, 6) is -3.13. The van der Waals surface area contributed by atoms with Gasteiger partial charge in [-0.1, -0.05) is 28.1 Å². The van der Waals surface area contributed by atoms with E-state index in [0.29, 0.717) is 4.47 Å². The fourth-order valence-corrected chi connectivity index (χ4v) is 2.08. The fourth-order valence-electron chi connectivity index (χ4n) is 1.51. The van der Waals surface area contributed by atoms with Gasteiger partial charge in [-0.3, -0.25) is 0 Å². The third-order valence-electron chi connectivity index (χ3n) is 2.39. The van der Waals surface area contributed by atoms with Crippen molar-refractivity contribution in [2.45, 2.75) is 0 Å². The molecule has 104 valence electrons. The average Bonchev–Trinajstić information content (AvgIpc) is 2.37.